The first-order chi connectivity index (χ1) is 18.2. The molecule has 3 N–H and O–H groups in total. The van der Waals surface area contributed by atoms with Crippen molar-refractivity contribution in [2.24, 2.45) is 0 Å². The van der Waals surface area contributed by atoms with Gasteiger partial charge >= 0.3 is 0 Å². The van der Waals surface area contributed by atoms with E-state index >= 15 is 0 Å². The monoisotopic (exact) mass is 535 g/mol. The van der Waals surface area contributed by atoms with E-state index in [1.54, 1.807) is 19.1 Å². The fourth-order valence-corrected chi connectivity index (χ4v) is 6.13. The Labute approximate surface area is 220 Å². The molecule has 2 aliphatic rings. The van der Waals surface area contributed by atoms with Crippen LogP contribution in [0.5, 0.6) is 0 Å². The Morgan fingerprint density at radius 1 is 1.16 bits per heavy atom. The number of carbonyl (C=O) groups excluding carboxylic acids is 2. The molecule has 0 saturated carbocycles. The molecule has 8 nitrogen and oxygen atoms in total. The Morgan fingerprint density at radius 3 is 2.61 bits per heavy atom. The second-order valence-corrected chi connectivity index (χ2v) is 10.9. The highest BCUT2D eigenvalue weighted by Crippen LogP contribution is 2.40. The first kappa shape index (κ1) is 24.4. The number of pyridine rings is 1. The van der Waals surface area contributed by atoms with E-state index in [0.717, 1.165) is 21.9 Å². The minimum absolute atomic E-state index is 0.0805. The van der Waals surface area contributed by atoms with Crippen molar-refractivity contribution in [1.29, 1.82) is 0 Å². The van der Waals surface area contributed by atoms with Crippen molar-refractivity contribution < 1.29 is 23.5 Å². The van der Waals surface area contributed by atoms with Crippen LogP contribution in [-0.4, -0.2) is 46.1 Å². The Morgan fingerprint density at radius 2 is 1.89 bits per heavy atom. The standard InChI is InChI=1S/C27H23F2N5O3S/c1-27(37)11-34(12-27)26-33-24-22(38-26)9-19(17-3-2-4-18-20(17)10-30-25(18)36)23(32-24)21(31-13-35)7-14-5-15(28)8-16(29)6-14/h2-6,8-9,13,21,37H,7,10-12H2,1H3,(H,30,36)(H,31,35). The zero-order valence-electron chi connectivity index (χ0n) is 20.3. The molecule has 6 rings (SSSR count). The van der Waals surface area contributed by atoms with E-state index in [1.807, 2.05) is 17.0 Å². The molecule has 0 spiro atoms. The van der Waals surface area contributed by atoms with Gasteiger partial charge in [-0.15, -0.1) is 0 Å². The third-order valence-electron chi connectivity index (χ3n) is 6.83. The maximum atomic E-state index is 14.0. The average Bonchev–Trinajstić information content (AvgIpc) is 3.44. The summed E-state index contributed by atoms with van der Waals surface area (Å²) in [6.45, 7) is 3.01. The van der Waals surface area contributed by atoms with Crippen molar-refractivity contribution in [1.82, 2.24) is 20.6 Å². The van der Waals surface area contributed by atoms with Crippen LogP contribution in [-0.2, 0) is 17.8 Å². The quantitative estimate of drug-likeness (QED) is 0.313. The van der Waals surface area contributed by atoms with Gasteiger partial charge in [-0.3, -0.25) is 9.59 Å². The van der Waals surface area contributed by atoms with Gasteiger partial charge in [-0.1, -0.05) is 23.5 Å². The number of carbonyl (C=O) groups is 2. The van der Waals surface area contributed by atoms with Gasteiger partial charge in [0.15, 0.2) is 10.8 Å². The number of nitrogens with one attached hydrogen (secondary N) is 2. The molecule has 2 aromatic carbocycles. The molecule has 0 radical (unpaired) electrons. The van der Waals surface area contributed by atoms with Crippen LogP contribution in [0.4, 0.5) is 13.9 Å². The van der Waals surface area contributed by atoms with E-state index < -0.39 is 23.3 Å². The minimum Gasteiger partial charge on any atom is -0.386 e. The number of anilines is 1. The molecule has 1 fully saturated rings. The smallest absolute Gasteiger partial charge is 0.251 e. The fourth-order valence-electron chi connectivity index (χ4n) is 5.18. The van der Waals surface area contributed by atoms with Gasteiger partial charge in [-0.05, 0) is 54.3 Å². The molecule has 1 saturated heterocycles. The van der Waals surface area contributed by atoms with E-state index in [2.05, 4.69) is 15.6 Å². The molecule has 1 unspecified atom stereocenters. The molecular weight excluding hydrogens is 512 g/mol. The number of fused-ring (bicyclic) bond motifs is 2. The van der Waals surface area contributed by atoms with Crippen LogP contribution in [0.25, 0.3) is 21.5 Å². The SMILES string of the molecule is CC1(O)CN(c2nc3nc(C(Cc4cc(F)cc(F)c4)NC=O)c(-c4cccc5c4CNC5=O)cc3s2)C1. The molecule has 0 aliphatic carbocycles. The molecule has 2 amide bonds. The lowest BCUT2D eigenvalue weighted by molar-refractivity contribution is -0.110. The van der Waals surface area contributed by atoms with Gasteiger partial charge in [0.2, 0.25) is 6.41 Å². The lowest BCUT2D eigenvalue weighted by atomic mass is 9.91. The number of benzene rings is 2. The van der Waals surface area contributed by atoms with Crippen molar-refractivity contribution in [2.45, 2.75) is 31.5 Å². The summed E-state index contributed by atoms with van der Waals surface area (Å²) in [4.78, 5) is 35.5. The van der Waals surface area contributed by atoms with Crippen LogP contribution in [0.15, 0.2) is 42.5 Å². The highest BCUT2D eigenvalue weighted by atomic mass is 32.1. The van der Waals surface area contributed by atoms with Gasteiger partial charge in [-0.25, -0.2) is 13.8 Å². The van der Waals surface area contributed by atoms with Crippen LogP contribution in [0.3, 0.4) is 0 Å². The number of hydrogen-bond acceptors (Lipinski definition) is 7. The summed E-state index contributed by atoms with van der Waals surface area (Å²) < 4.78 is 28.7. The van der Waals surface area contributed by atoms with Crippen LogP contribution in [0.2, 0.25) is 0 Å². The minimum atomic E-state index is -0.773. The number of aromatic nitrogens is 2. The van der Waals surface area contributed by atoms with Crippen LogP contribution < -0.4 is 15.5 Å². The number of thiazole rings is 1. The molecule has 2 aromatic heterocycles. The van der Waals surface area contributed by atoms with Crippen molar-refractivity contribution in [3.8, 4) is 11.1 Å². The molecule has 1 atom stereocenters. The number of hydrogen-bond donors (Lipinski definition) is 3. The van der Waals surface area contributed by atoms with Crippen LogP contribution in [0, 0.1) is 11.6 Å². The van der Waals surface area contributed by atoms with Gasteiger partial charge < -0.3 is 20.6 Å². The van der Waals surface area contributed by atoms with Gasteiger partial charge in [0.25, 0.3) is 5.91 Å². The second kappa shape index (κ2) is 9.10. The van der Waals surface area contributed by atoms with E-state index in [4.69, 9.17) is 4.98 Å². The summed E-state index contributed by atoms with van der Waals surface area (Å²) in [6.07, 6.45) is 0.613. The summed E-state index contributed by atoms with van der Waals surface area (Å²) in [7, 11) is 0. The lowest BCUT2D eigenvalue weighted by Crippen LogP contribution is -2.60. The van der Waals surface area contributed by atoms with Gasteiger partial charge in [-0.2, -0.15) is 4.98 Å². The van der Waals surface area contributed by atoms with E-state index in [9.17, 15) is 23.5 Å². The van der Waals surface area contributed by atoms with Crippen molar-refractivity contribution in [3.05, 3.63) is 76.5 Å². The normalized spacial score (nSPS) is 16.6. The summed E-state index contributed by atoms with van der Waals surface area (Å²) in [5.41, 5.74) is 3.34. The third kappa shape index (κ3) is 4.37. The number of aliphatic hydroxyl groups is 1. The van der Waals surface area contributed by atoms with E-state index in [1.165, 1.54) is 23.5 Å². The second-order valence-electron chi connectivity index (χ2n) is 9.93. The number of amides is 2. The molecule has 0 bridgehead atoms. The Balaban J connectivity index is 1.51. The van der Waals surface area contributed by atoms with Gasteiger partial charge in [0.1, 0.15) is 11.6 Å². The molecule has 4 heterocycles. The Kier molecular flexibility index (Phi) is 5.84. The maximum absolute atomic E-state index is 14.0. The lowest BCUT2D eigenvalue weighted by Gasteiger charge is -2.43. The predicted octanol–water partition coefficient (Wildman–Crippen LogP) is 3.48. The van der Waals surface area contributed by atoms with Crippen molar-refractivity contribution in [2.75, 3.05) is 18.0 Å². The molecule has 11 heteroatoms. The first-order valence-corrected chi connectivity index (χ1v) is 12.9. The molecule has 194 valence electrons. The summed E-state index contributed by atoms with van der Waals surface area (Å²) >= 11 is 1.44. The predicted molar refractivity (Wildman–Crippen MR) is 139 cm³/mol. The molecule has 2 aliphatic heterocycles. The zero-order valence-corrected chi connectivity index (χ0v) is 21.1. The molecular formula is C27H23F2N5O3S. The zero-order chi connectivity index (χ0) is 26.6. The highest BCUT2D eigenvalue weighted by molar-refractivity contribution is 7.22. The molecule has 4 aromatic rings. The Hall–Kier alpha value is -3.96. The number of nitrogens with zero attached hydrogens (tertiary/aromatic N) is 3. The van der Waals surface area contributed by atoms with Crippen LogP contribution in [0.1, 0.15) is 40.1 Å². The third-order valence-corrected chi connectivity index (χ3v) is 7.88. The van der Waals surface area contributed by atoms with E-state index in [-0.39, 0.29) is 12.3 Å². The van der Waals surface area contributed by atoms with Crippen molar-refractivity contribution >= 4 is 39.1 Å². The topological polar surface area (TPSA) is 107 Å². The van der Waals surface area contributed by atoms with Gasteiger partial charge in [0, 0.05) is 23.7 Å². The van der Waals surface area contributed by atoms with Crippen LogP contribution >= 0.6 is 11.3 Å². The first-order valence-electron chi connectivity index (χ1n) is 12.0. The Bertz CT molecular complexity index is 1580. The van der Waals surface area contributed by atoms with Crippen molar-refractivity contribution in [3.63, 3.8) is 0 Å². The highest BCUT2D eigenvalue weighted by Gasteiger charge is 2.38. The number of halogens is 2. The summed E-state index contributed by atoms with van der Waals surface area (Å²) in [5.74, 6) is -1.60. The largest absolute Gasteiger partial charge is 0.386 e. The number of β-amino-alcohol motifs (C(OH)–C–C–N with tert-alkyl or cyclic N) is 1. The molecule has 38 heavy (non-hydrogen) atoms. The summed E-state index contributed by atoms with van der Waals surface area (Å²) in [6, 6.07) is 9.87. The van der Waals surface area contributed by atoms with Gasteiger partial charge in [0.05, 0.1) is 35.1 Å². The average molecular weight is 536 g/mol. The van der Waals surface area contributed by atoms with E-state index in [0.29, 0.717) is 59.2 Å². The summed E-state index contributed by atoms with van der Waals surface area (Å²) in [5, 5.41) is 16.5. The fraction of sp³-hybridized carbons (Fsp3) is 0.259. The maximum Gasteiger partial charge on any atom is 0.251 e. The number of rotatable bonds is 7.